The summed E-state index contributed by atoms with van der Waals surface area (Å²) in [5.41, 5.74) is 1.44. The van der Waals surface area contributed by atoms with Gasteiger partial charge in [-0.15, -0.1) is 0 Å². The smallest absolute Gasteiger partial charge is 0.321 e. The van der Waals surface area contributed by atoms with Gasteiger partial charge in [0.25, 0.3) is 0 Å². The van der Waals surface area contributed by atoms with Crippen molar-refractivity contribution in [3.63, 3.8) is 0 Å². The van der Waals surface area contributed by atoms with E-state index in [1.54, 1.807) is 0 Å². The molecule has 98 valence electrons. The number of aliphatic hydroxyl groups excluding tert-OH is 1. The Morgan fingerprint density at radius 1 is 1.50 bits per heavy atom. The zero-order valence-corrected chi connectivity index (χ0v) is 10.7. The van der Waals surface area contributed by atoms with Crippen LogP contribution in [0.15, 0.2) is 24.3 Å². The maximum absolute atomic E-state index is 12.1. The van der Waals surface area contributed by atoms with Crippen LogP contribution in [0.2, 0.25) is 0 Å². The molecule has 0 spiro atoms. The second-order valence-corrected chi connectivity index (χ2v) is 4.94. The Morgan fingerprint density at radius 3 is 3.00 bits per heavy atom. The van der Waals surface area contributed by atoms with Gasteiger partial charge in [-0.3, -0.25) is 0 Å². The molecule has 1 aromatic carbocycles. The minimum absolute atomic E-state index is 0.0626. The highest BCUT2D eigenvalue weighted by atomic mass is 16.3. The molecule has 1 fully saturated rings. The maximum atomic E-state index is 12.1. The van der Waals surface area contributed by atoms with E-state index in [1.165, 1.54) is 6.42 Å². The first-order chi connectivity index (χ1) is 8.70. The average Bonchev–Trinajstić information content (AvgIpc) is 2.39. The molecule has 1 unspecified atom stereocenters. The minimum atomic E-state index is -0.0672. The van der Waals surface area contributed by atoms with E-state index < -0.39 is 0 Å². The second kappa shape index (κ2) is 5.87. The van der Waals surface area contributed by atoms with Crippen molar-refractivity contribution >= 4 is 11.7 Å². The molecule has 2 amide bonds. The zero-order chi connectivity index (χ0) is 13.0. The third kappa shape index (κ3) is 3.01. The standard InChI is InChI=1S/C14H20N2O2/c1-11-5-4-8-16(9-11)14(18)15-13-7-3-2-6-12(13)10-17/h2-3,6-7,11,17H,4-5,8-10H2,1H3,(H,15,18). The molecule has 0 radical (unpaired) electrons. The summed E-state index contributed by atoms with van der Waals surface area (Å²) in [5.74, 6) is 0.567. The van der Waals surface area contributed by atoms with E-state index in [2.05, 4.69) is 12.2 Å². The van der Waals surface area contributed by atoms with Gasteiger partial charge in [-0.25, -0.2) is 4.79 Å². The van der Waals surface area contributed by atoms with Crippen LogP contribution in [0, 0.1) is 5.92 Å². The maximum Gasteiger partial charge on any atom is 0.321 e. The first kappa shape index (κ1) is 12.9. The lowest BCUT2D eigenvalue weighted by Gasteiger charge is -2.31. The van der Waals surface area contributed by atoms with Crippen LogP contribution in [0.25, 0.3) is 0 Å². The fourth-order valence-corrected chi connectivity index (χ4v) is 2.35. The lowest BCUT2D eigenvalue weighted by Crippen LogP contribution is -2.41. The molecule has 1 aliphatic rings. The molecule has 0 saturated carbocycles. The van der Waals surface area contributed by atoms with Gasteiger partial charge < -0.3 is 15.3 Å². The Morgan fingerprint density at radius 2 is 2.28 bits per heavy atom. The second-order valence-electron chi connectivity index (χ2n) is 4.94. The van der Waals surface area contributed by atoms with Crippen LogP contribution in [0.3, 0.4) is 0 Å². The van der Waals surface area contributed by atoms with Crippen molar-refractivity contribution in [2.45, 2.75) is 26.4 Å². The molecule has 1 aromatic rings. The summed E-state index contributed by atoms with van der Waals surface area (Å²) in [6.45, 7) is 3.73. The lowest BCUT2D eigenvalue weighted by atomic mass is 10.0. The molecule has 2 N–H and O–H groups in total. The number of likely N-dealkylation sites (tertiary alicyclic amines) is 1. The van der Waals surface area contributed by atoms with E-state index in [4.69, 9.17) is 0 Å². The van der Waals surface area contributed by atoms with Gasteiger partial charge in [0.05, 0.1) is 6.61 Å². The minimum Gasteiger partial charge on any atom is -0.392 e. The molecule has 1 atom stereocenters. The Labute approximate surface area is 108 Å². The van der Waals surface area contributed by atoms with Gasteiger partial charge in [0.1, 0.15) is 0 Å². The molecule has 1 aliphatic heterocycles. The number of nitrogens with zero attached hydrogens (tertiary/aromatic N) is 1. The van der Waals surface area contributed by atoms with Crippen LogP contribution in [0.5, 0.6) is 0 Å². The number of anilines is 1. The molecule has 18 heavy (non-hydrogen) atoms. The van der Waals surface area contributed by atoms with E-state index in [1.807, 2.05) is 29.2 Å². The summed E-state index contributed by atoms with van der Waals surface area (Å²) < 4.78 is 0. The lowest BCUT2D eigenvalue weighted by molar-refractivity contribution is 0.182. The predicted octanol–water partition coefficient (Wildman–Crippen LogP) is 2.44. The van der Waals surface area contributed by atoms with Crippen LogP contribution in [0.4, 0.5) is 10.5 Å². The molecule has 4 heteroatoms. The Balaban J connectivity index is 2.02. The van der Waals surface area contributed by atoms with Gasteiger partial charge in [-0.1, -0.05) is 25.1 Å². The summed E-state index contributed by atoms with van der Waals surface area (Å²) in [4.78, 5) is 14.0. The van der Waals surface area contributed by atoms with Gasteiger partial charge in [-0.2, -0.15) is 0 Å². The van der Waals surface area contributed by atoms with Gasteiger partial charge in [0, 0.05) is 24.3 Å². The summed E-state index contributed by atoms with van der Waals surface area (Å²) in [5, 5.41) is 12.1. The number of carbonyl (C=O) groups excluding carboxylic acids is 1. The number of rotatable bonds is 2. The zero-order valence-electron chi connectivity index (χ0n) is 10.7. The van der Waals surface area contributed by atoms with Crippen molar-refractivity contribution in [1.82, 2.24) is 4.90 Å². The number of piperidine rings is 1. The Bertz CT molecular complexity index is 420. The highest BCUT2D eigenvalue weighted by molar-refractivity contribution is 5.90. The fourth-order valence-electron chi connectivity index (χ4n) is 2.35. The number of urea groups is 1. The summed E-state index contributed by atoms with van der Waals surface area (Å²) in [6.07, 6.45) is 2.26. The van der Waals surface area contributed by atoms with Gasteiger partial charge in [-0.05, 0) is 24.8 Å². The average molecular weight is 248 g/mol. The van der Waals surface area contributed by atoms with E-state index in [-0.39, 0.29) is 12.6 Å². The van der Waals surface area contributed by atoms with Crippen LogP contribution in [0.1, 0.15) is 25.3 Å². The van der Waals surface area contributed by atoms with Crippen LogP contribution < -0.4 is 5.32 Å². The normalized spacial score (nSPS) is 19.7. The molecule has 0 aromatic heterocycles. The first-order valence-corrected chi connectivity index (χ1v) is 6.45. The number of carbonyl (C=O) groups is 1. The number of benzene rings is 1. The molecule has 1 saturated heterocycles. The van der Waals surface area contributed by atoms with E-state index in [0.29, 0.717) is 11.6 Å². The molecular formula is C14H20N2O2. The van der Waals surface area contributed by atoms with Crippen LogP contribution in [-0.2, 0) is 6.61 Å². The topological polar surface area (TPSA) is 52.6 Å². The van der Waals surface area contributed by atoms with Crippen molar-refractivity contribution in [2.75, 3.05) is 18.4 Å². The van der Waals surface area contributed by atoms with Crippen molar-refractivity contribution in [1.29, 1.82) is 0 Å². The molecule has 0 bridgehead atoms. The number of aliphatic hydroxyl groups is 1. The SMILES string of the molecule is CC1CCCN(C(=O)Nc2ccccc2CO)C1. The highest BCUT2D eigenvalue weighted by Crippen LogP contribution is 2.19. The van der Waals surface area contributed by atoms with E-state index in [9.17, 15) is 9.90 Å². The third-order valence-corrected chi connectivity index (χ3v) is 3.37. The number of nitrogens with one attached hydrogen (secondary N) is 1. The van der Waals surface area contributed by atoms with Crippen LogP contribution in [-0.4, -0.2) is 29.1 Å². The van der Waals surface area contributed by atoms with Crippen molar-refractivity contribution in [2.24, 2.45) is 5.92 Å². The largest absolute Gasteiger partial charge is 0.392 e. The monoisotopic (exact) mass is 248 g/mol. The van der Waals surface area contributed by atoms with Crippen molar-refractivity contribution in [3.05, 3.63) is 29.8 Å². The molecule has 2 rings (SSSR count). The van der Waals surface area contributed by atoms with Crippen molar-refractivity contribution in [3.8, 4) is 0 Å². The Kier molecular flexibility index (Phi) is 4.20. The van der Waals surface area contributed by atoms with E-state index in [0.717, 1.165) is 25.1 Å². The molecule has 0 aliphatic carbocycles. The Hall–Kier alpha value is -1.55. The number of hydrogen-bond acceptors (Lipinski definition) is 2. The van der Waals surface area contributed by atoms with Gasteiger partial charge in [0.15, 0.2) is 0 Å². The van der Waals surface area contributed by atoms with Crippen LogP contribution >= 0.6 is 0 Å². The molecule has 4 nitrogen and oxygen atoms in total. The van der Waals surface area contributed by atoms with Crippen molar-refractivity contribution < 1.29 is 9.90 Å². The highest BCUT2D eigenvalue weighted by Gasteiger charge is 2.21. The third-order valence-electron chi connectivity index (χ3n) is 3.37. The summed E-state index contributed by atoms with van der Waals surface area (Å²) in [6, 6.07) is 7.27. The fraction of sp³-hybridized carbons (Fsp3) is 0.500. The van der Waals surface area contributed by atoms with Gasteiger partial charge in [0.2, 0.25) is 0 Å². The number of hydrogen-bond donors (Lipinski definition) is 2. The quantitative estimate of drug-likeness (QED) is 0.844. The summed E-state index contributed by atoms with van der Waals surface area (Å²) >= 11 is 0. The summed E-state index contributed by atoms with van der Waals surface area (Å²) in [7, 11) is 0. The molecular weight excluding hydrogens is 228 g/mol. The number of amides is 2. The van der Waals surface area contributed by atoms with E-state index >= 15 is 0 Å². The van der Waals surface area contributed by atoms with Gasteiger partial charge >= 0.3 is 6.03 Å². The first-order valence-electron chi connectivity index (χ1n) is 6.45. The molecule has 1 heterocycles. The number of para-hydroxylation sites is 1. The predicted molar refractivity (Wildman–Crippen MR) is 71.4 cm³/mol.